The third kappa shape index (κ3) is 2.04. The molecule has 70 valence electrons. The molecule has 0 unspecified atom stereocenters. The molecule has 1 aromatic rings. The minimum atomic E-state index is -1.87. The van der Waals surface area contributed by atoms with Crippen molar-refractivity contribution >= 4 is 40.1 Å². The Morgan fingerprint density at radius 2 is 2.08 bits per heavy atom. The molecule has 0 saturated carbocycles. The maximum absolute atomic E-state index is 13.2. The lowest BCUT2D eigenvalue weighted by atomic mass is 9.79. The van der Waals surface area contributed by atoms with Crippen LogP contribution in [0.1, 0.15) is 5.56 Å². The van der Waals surface area contributed by atoms with E-state index in [1.165, 1.54) is 6.07 Å². The molecular formula is C7H6BBrClFO2. The van der Waals surface area contributed by atoms with Crippen molar-refractivity contribution in [1.82, 2.24) is 0 Å². The van der Waals surface area contributed by atoms with Crippen molar-refractivity contribution in [3.63, 3.8) is 0 Å². The first kappa shape index (κ1) is 11.0. The van der Waals surface area contributed by atoms with Crippen LogP contribution in [-0.2, 0) is 0 Å². The third-order valence-electron chi connectivity index (χ3n) is 1.63. The van der Waals surface area contributed by atoms with Crippen LogP contribution in [0.3, 0.4) is 0 Å². The summed E-state index contributed by atoms with van der Waals surface area (Å²) in [4.78, 5) is 0. The van der Waals surface area contributed by atoms with Crippen LogP contribution in [0.25, 0.3) is 0 Å². The van der Waals surface area contributed by atoms with Gasteiger partial charge in [0.1, 0.15) is 5.82 Å². The van der Waals surface area contributed by atoms with Crippen molar-refractivity contribution in [2.24, 2.45) is 0 Å². The Kier molecular flexibility index (Phi) is 3.35. The van der Waals surface area contributed by atoms with Gasteiger partial charge in [0, 0.05) is 9.94 Å². The Morgan fingerprint density at radius 3 is 2.54 bits per heavy atom. The van der Waals surface area contributed by atoms with E-state index in [2.05, 4.69) is 15.9 Å². The van der Waals surface area contributed by atoms with E-state index >= 15 is 0 Å². The molecule has 13 heavy (non-hydrogen) atoms. The summed E-state index contributed by atoms with van der Waals surface area (Å²) >= 11 is 8.56. The van der Waals surface area contributed by atoms with Crippen LogP contribution in [0, 0.1) is 12.7 Å². The maximum Gasteiger partial charge on any atom is 0.492 e. The van der Waals surface area contributed by atoms with E-state index in [4.69, 9.17) is 21.6 Å². The fourth-order valence-electron chi connectivity index (χ4n) is 0.981. The number of halogens is 3. The van der Waals surface area contributed by atoms with Crippen LogP contribution >= 0.6 is 27.5 Å². The van der Waals surface area contributed by atoms with E-state index in [9.17, 15) is 4.39 Å². The molecule has 0 radical (unpaired) electrons. The number of aryl methyl sites for hydroxylation is 1. The summed E-state index contributed by atoms with van der Waals surface area (Å²) < 4.78 is 13.5. The van der Waals surface area contributed by atoms with Crippen molar-refractivity contribution < 1.29 is 14.4 Å². The van der Waals surface area contributed by atoms with Gasteiger partial charge < -0.3 is 10.0 Å². The van der Waals surface area contributed by atoms with Gasteiger partial charge in [-0.15, -0.1) is 0 Å². The zero-order chi connectivity index (χ0) is 10.2. The lowest BCUT2D eigenvalue weighted by molar-refractivity contribution is 0.422. The highest BCUT2D eigenvalue weighted by molar-refractivity contribution is 9.10. The molecule has 0 aliphatic rings. The summed E-state index contributed by atoms with van der Waals surface area (Å²) in [6.07, 6.45) is 0. The number of rotatable bonds is 1. The lowest BCUT2D eigenvalue weighted by Gasteiger charge is -2.08. The highest BCUT2D eigenvalue weighted by atomic mass is 79.9. The molecule has 0 bridgehead atoms. The number of hydrogen-bond acceptors (Lipinski definition) is 2. The van der Waals surface area contributed by atoms with E-state index in [0.29, 0.717) is 10.0 Å². The predicted molar refractivity (Wildman–Crippen MR) is 53.7 cm³/mol. The zero-order valence-electron chi connectivity index (χ0n) is 6.68. The minimum absolute atomic E-state index is 0.121. The first-order valence-corrected chi connectivity index (χ1v) is 4.62. The SMILES string of the molecule is Cc1cc(Cl)c(F)c(B(O)O)c1Br. The van der Waals surface area contributed by atoms with Crippen LogP contribution in [-0.4, -0.2) is 17.2 Å². The fourth-order valence-corrected chi connectivity index (χ4v) is 1.74. The molecule has 0 aliphatic carbocycles. The minimum Gasteiger partial charge on any atom is -0.423 e. The topological polar surface area (TPSA) is 40.5 Å². The van der Waals surface area contributed by atoms with E-state index in [0.717, 1.165) is 0 Å². The Balaban J connectivity index is 3.46. The molecule has 1 aromatic carbocycles. The highest BCUT2D eigenvalue weighted by Gasteiger charge is 2.23. The normalized spacial score (nSPS) is 10.3. The van der Waals surface area contributed by atoms with Crippen molar-refractivity contribution in [3.8, 4) is 0 Å². The zero-order valence-corrected chi connectivity index (χ0v) is 9.02. The maximum atomic E-state index is 13.2. The largest absolute Gasteiger partial charge is 0.492 e. The molecule has 0 aromatic heterocycles. The molecular weight excluding hydrogens is 261 g/mol. The van der Waals surface area contributed by atoms with E-state index in [1.807, 2.05) is 0 Å². The molecule has 0 fully saturated rings. The first-order chi connectivity index (χ1) is 5.95. The van der Waals surface area contributed by atoms with Gasteiger partial charge in [0.15, 0.2) is 0 Å². The molecule has 2 N–H and O–H groups in total. The van der Waals surface area contributed by atoms with Crippen LogP contribution in [0.4, 0.5) is 4.39 Å². The van der Waals surface area contributed by atoms with Crippen molar-refractivity contribution in [3.05, 3.63) is 26.9 Å². The monoisotopic (exact) mass is 266 g/mol. The standard InChI is InChI=1S/C7H6BBrClFO2/c1-3-2-4(10)7(11)5(6(3)9)8(12)13/h2,12-13H,1H3. The van der Waals surface area contributed by atoms with Crippen LogP contribution in [0.15, 0.2) is 10.5 Å². The Labute approximate surface area is 88.6 Å². The van der Waals surface area contributed by atoms with Gasteiger partial charge in [-0.3, -0.25) is 0 Å². The summed E-state index contributed by atoms with van der Waals surface area (Å²) in [6, 6.07) is 1.41. The average Bonchev–Trinajstić information content (AvgIpc) is 2.01. The molecule has 0 heterocycles. The molecule has 0 atom stereocenters. The van der Waals surface area contributed by atoms with Gasteiger partial charge in [0.25, 0.3) is 0 Å². The average molecular weight is 267 g/mol. The summed E-state index contributed by atoms with van der Waals surface area (Å²) in [6.45, 7) is 1.68. The van der Waals surface area contributed by atoms with E-state index in [-0.39, 0.29) is 10.5 Å². The van der Waals surface area contributed by atoms with E-state index in [1.54, 1.807) is 6.92 Å². The second-order valence-electron chi connectivity index (χ2n) is 2.59. The summed E-state index contributed by atoms with van der Waals surface area (Å²) in [7, 11) is -1.87. The van der Waals surface area contributed by atoms with Crippen LogP contribution in [0.5, 0.6) is 0 Å². The van der Waals surface area contributed by atoms with Crippen molar-refractivity contribution in [2.75, 3.05) is 0 Å². The molecule has 0 spiro atoms. The third-order valence-corrected chi connectivity index (χ3v) is 2.96. The van der Waals surface area contributed by atoms with Gasteiger partial charge in [0.2, 0.25) is 0 Å². The Morgan fingerprint density at radius 1 is 1.54 bits per heavy atom. The van der Waals surface area contributed by atoms with Gasteiger partial charge in [0.05, 0.1) is 5.02 Å². The second kappa shape index (κ2) is 3.96. The molecule has 0 amide bonds. The smallest absolute Gasteiger partial charge is 0.423 e. The highest BCUT2D eigenvalue weighted by Crippen LogP contribution is 2.22. The van der Waals surface area contributed by atoms with Gasteiger partial charge in [-0.05, 0) is 18.6 Å². The number of hydrogen-bond donors (Lipinski definition) is 2. The number of benzene rings is 1. The lowest BCUT2D eigenvalue weighted by Crippen LogP contribution is -2.34. The molecule has 6 heteroatoms. The fraction of sp³-hybridized carbons (Fsp3) is 0.143. The Bertz CT molecular complexity index is 320. The van der Waals surface area contributed by atoms with Gasteiger partial charge >= 0.3 is 7.12 Å². The van der Waals surface area contributed by atoms with Crippen LogP contribution in [0.2, 0.25) is 5.02 Å². The predicted octanol–water partition coefficient (Wildman–Crippen LogP) is 1.23. The quantitative estimate of drug-likeness (QED) is 0.593. The van der Waals surface area contributed by atoms with E-state index < -0.39 is 12.9 Å². The molecule has 2 nitrogen and oxygen atoms in total. The molecule has 1 rings (SSSR count). The van der Waals surface area contributed by atoms with Crippen molar-refractivity contribution in [2.45, 2.75) is 6.92 Å². The molecule has 0 aliphatic heterocycles. The van der Waals surface area contributed by atoms with Crippen LogP contribution < -0.4 is 5.46 Å². The van der Waals surface area contributed by atoms with Gasteiger partial charge in [-0.2, -0.15) is 0 Å². The molecule has 0 saturated heterocycles. The van der Waals surface area contributed by atoms with Gasteiger partial charge in [-0.1, -0.05) is 27.5 Å². The second-order valence-corrected chi connectivity index (χ2v) is 3.79. The summed E-state index contributed by atoms with van der Waals surface area (Å²) in [5.74, 6) is -0.811. The summed E-state index contributed by atoms with van der Waals surface area (Å²) in [5, 5.41) is 17.6. The van der Waals surface area contributed by atoms with Crippen molar-refractivity contribution in [1.29, 1.82) is 0 Å². The Hall–Kier alpha value is -0.0951. The summed E-state index contributed by atoms with van der Waals surface area (Å²) in [5.41, 5.74) is 0.416. The first-order valence-electron chi connectivity index (χ1n) is 3.45. The van der Waals surface area contributed by atoms with Gasteiger partial charge in [-0.25, -0.2) is 4.39 Å².